The van der Waals surface area contributed by atoms with Gasteiger partial charge in [0, 0.05) is 11.1 Å². The van der Waals surface area contributed by atoms with Gasteiger partial charge >= 0.3 is 0 Å². The van der Waals surface area contributed by atoms with Crippen LogP contribution in [0, 0.1) is 0 Å². The van der Waals surface area contributed by atoms with E-state index in [1.165, 1.54) is 0 Å². The van der Waals surface area contributed by atoms with Crippen LogP contribution in [-0.4, -0.2) is 36.8 Å². The number of hydrazone groups is 1. The fraction of sp³-hybridized carbons (Fsp3) is 0. The maximum atomic E-state index is 11.5. The smallest absolute Gasteiger partial charge is 0.296 e. The molecule has 0 saturated carbocycles. The number of halogens is 2. The van der Waals surface area contributed by atoms with E-state index in [0.29, 0.717) is 4.64 Å². The number of allylic oxidation sites excluding steroid dienone is 1. The zero-order valence-electron chi connectivity index (χ0n) is 10.8. The molecule has 0 aromatic heterocycles. The van der Waals surface area contributed by atoms with Crippen molar-refractivity contribution in [2.45, 2.75) is 9.79 Å². The number of hydrazine groups is 1. The van der Waals surface area contributed by atoms with Crippen LogP contribution < -0.4 is 11.2 Å². The molecule has 2 rings (SSSR count). The lowest BCUT2D eigenvalue weighted by molar-refractivity contribution is 0.409. The monoisotopic (exact) mass is 402 g/mol. The van der Waals surface area contributed by atoms with Crippen molar-refractivity contribution in [3.8, 4) is 0 Å². The van der Waals surface area contributed by atoms with Crippen molar-refractivity contribution in [2.75, 3.05) is 5.73 Å². The molecule has 0 amide bonds. The third-order valence-electron chi connectivity index (χ3n) is 2.71. The van der Waals surface area contributed by atoms with E-state index >= 15 is 0 Å². The first kappa shape index (κ1) is 17.8. The van der Waals surface area contributed by atoms with Gasteiger partial charge in [-0.3, -0.25) is 14.5 Å². The molecule has 1 aromatic carbocycles. The van der Waals surface area contributed by atoms with E-state index in [1.54, 1.807) is 0 Å². The quantitative estimate of drug-likeness (QED) is 0.245. The molecule has 1 aliphatic rings. The van der Waals surface area contributed by atoms with Crippen LogP contribution in [0.4, 0.5) is 5.69 Å². The summed E-state index contributed by atoms with van der Waals surface area (Å²) in [7, 11) is -9.54. The first-order valence-electron chi connectivity index (χ1n) is 5.47. The van der Waals surface area contributed by atoms with Gasteiger partial charge in [0.05, 0.1) is 23.7 Å². The number of nitrogens with zero attached hydrogens (tertiary/aromatic N) is 2. The van der Waals surface area contributed by atoms with Crippen LogP contribution in [0.2, 0.25) is 0 Å². The predicted molar refractivity (Wildman–Crippen MR) is 82.6 cm³/mol. The maximum absolute atomic E-state index is 11.5. The predicted octanol–water partition coefficient (Wildman–Crippen LogP) is 0.629. The van der Waals surface area contributed by atoms with Crippen molar-refractivity contribution in [1.29, 1.82) is 0 Å². The molecule has 23 heavy (non-hydrogen) atoms. The summed E-state index contributed by atoms with van der Waals surface area (Å²) in [5.41, 5.74) is 6.67. The number of rotatable bonds is 3. The van der Waals surface area contributed by atoms with Gasteiger partial charge in [-0.1, -0.05) is 11.6 Å². The molecule has 0 aliphatic carbocycles. The van der Waals surface area contributed by atoms with E-state index in [1.807, 2.05) is 0 Å². The Balaban J connectivity index is 2.90. The second-order valence-corrected chi connectivity index (χ2v) is 7.62. The van der Waals surface area contributed by atoms with E-state index in [9.17, 15) is 21.4 Å². The number of nitrogens with two attached hydrogens (primary N) is 1. The number of hydrogen-bond acceptors (Lipinski definition) is 8. The Hall–Kier alpha value is -1.57. The minimum atomic E-state index is -4.79. The molecule has 1 aromatic rings. The van der Waals surface area contributed by atoms with Crippen LogP contribution in [0.5, 0.6) is 0 Å². The van der Waals surface area contributed by atoms with Gasteiger partial charge in [-0.15, -0.1) is 9.74 Å². The molecule has 10 nitrogen and oxygen atoms in total. The molecule has 0 radical (unpaired) electrons. The van der Waals surface area contributed by atoms with Gasteiger partial charge in [-0.25, -0.2) is 0 Å². The SMILES string of the molecule is Nc1c(S(=O)(=O)O)ccc(S(=O)(=O)O)c1C1=C(Cl)NN(Cl)N=C1. The van der Waals surface area contributed by atoms with Crippen molar-refractivity contribution in [1.82, 2.24) is 10.1 Å². The van der Waals surface area contributed by atoms with Crippen LogP contribution in [0.3, 0.4) is 0 Å². The van der Waals surface area contributed by atoms with Gasteiger partial charge in [0.25, 0.3) is 20.2 Å². The Labute approximate surface area is 140 Å². The van der Waals surface area contributed by atoms with E-state index in [4.69, 9.17) is 33.7 Å². The summed E-state index contributed by atoms with van der Waals surface area (Å²) in [4.78, 5) is -1.50. The lowest BCUT2D eigenvalue weighted by atomic mass is 10.1. The highest BCUT2D eigenvalue weighted by Crippen LogP contribution is 2.35. The van der Waals surface area contributed by atoms with Crippen LogP contribution in [0.1, 0.15) is 5.56 Å². The average Bonchev–Trinajstić information content (AvgIpc) is 2.36. The summed E-state index contributed by atoms with van der Waals surface area (Å²) in [6.45, 7) is 0. The zero-order chi connectivity index (χ0) is 17.6. The standard InChI is InChI=1S/C9H8Cl2N4O6S2/c10-9-4(3-13-15(11)14-9)7-5(22(16,17)18)1-2-6(8(7)12)23(19,20)21/h1-3,14H,12H2,(H,16,17,18)(H,19,20,21). The molecule has 126 valence electrons. The summed E-state index contributed by atoms with van der Waals surface area (Å²) >= 11 is 11.4. The lowest BCUT2D eigenvalue weighted by Crippen LogP contribution is -2.27. The van der Waals surface area contributed by atoms with Gasteiger partial charge in [0.1, 0.15) is 14.9 Å². The van der Waals surface area contributed by atoms with Crippen LogP contribution in [0.25, 0.3) is 5.57 Å². The Morgan fingerprint density at radius 3 is 2.13 bits per heavy atom. The van der Waals surface area contributed by atoms with Crippen molar-refractivity contribution in [3.05, 3.63) is 22.9 Å². The van der Waals surface area contributed by atoms with E-state index in [0.717, 1.165) is 18.3 Å². The molecule has 0 bridgehead atoms. The average molecular weight is 403 g/mol. The van der Waals surface area contributed by atoms with Gasteiger partial charge in [-0.2, -0.15) is 16.8 Å². The summed E-state index contributed by atoms with van der Waals surface area (Å²) in [5.74, 6) is 0. The van der Waals surface area contributed by atoms with E-state index in [2.05, 4.69) is 10.5 Å². The lowest BCUT2D eigenvalue weighted by Gasteiger charge is -2.21. The molecular formula is C9H8Cl2N4O6S2. The Kier molecular flexibility index (Phi) is 4.49. The summed E-state index contributed by atoms with van der Waals surface area (Å²) < 4.78 is 64.8. The second kappa shape index (κ2) is 5.81. The molecule has 0 atom stereocenters. The normalized spacial score (nSPS) is 15.7. The summed E-state index contributed by atoms with van der Waals surface area (Å²) in [6, 6.07) is 1.48. The van der Waals surface area contributed by atoms with Crippen LogP contribution >= 0.6 is 23.4 Å². The molecule has 0 saturated heterocycles. The summed E-state index contributed by atoms with van der Waals surface area (Å²) in [6.07, 6.45) is 0.986. The number of benzene rings is 1. The van der Waals surface area contributed by atoms with Gasteiger partial charge in [-0.05, 0) is 12.1 Å². The molecule has 1 aliphatic heterocycles. The Bertz CT molecular complexity index is 941. The molecule has 1 heterocycles. The molecule has 5 N–H and O–H groups in total. The highest BCUT2D eigenvalue weighted by atomic mass is 35.5. The number of anilines is 1. The molecule has 0 spiro atoms. The highest BCUT2D eigenvalue weighted by molar-refractivity contribution is 7.86. The zero-order valence-corrected chi connectivity index (χ0v) is 13.9. The Morgan fingerprint density at radius 1 is 1.13 bits per heavy atom. The number of nitrogen functional groups attached to an aromatic ring is 1. The molecule has 0 unspecified atom stereocenters. The van der Waals surface area contributed by atoms with Gasteiger partial charge < -0.3 is 5.73 Å². The topological polar surface area (TPSA) is 162 Å². The van der Waals surface area contributed by atoms with E-state index in [-0.39, 0.29) is 10.7 Å². The molecule has 14 heteroatoms. The van der Waals surface area contributed by atoms with Crippen molar-refractivity contribution in [3.63, 3.8) is 0 Å². The van der Waals surface area contributed by atoms with Gasteiger partial charge in [0.15, 0.2) is 0 Å². The highest BCUT2D eigenvalue weighted by Gasteiger charge is 2.28. The number of hydrogen-bond donors (Lipinski definition) is 4. The van der Waals surface area contributed by atoms with Crippen molar-refractivity contribution >= 4 is 61.1 Å². The van der Waals surface area contributed by atoms with E-state index < -0.39 is 41.3 Å². The van der Waals surface area contributed by atoms with Crippen molar-refractivity contribution in [2.24, 2.45) is 5.10 Å². The Morgan fingerprint density at radius 2 is 1.65 bits per heavy atom. The van der Waals surface area contributed by atoms with Crippen LogP contribution in [-0.2, 0) is 20.2 Å². The second-order valence-electron chi connectivity index (χ2n) is 4.14. The van der Waals surface area contributed by atoms with Crippen molar-refractivity contribution < 1.29 is 25.9 Å². The summed E-state index contributed by atoms with van der Waals surface area (Å²) in [5, 5.41) is 3.32. The largest absolute Gasteiger partial charge is 0.397 e. The fourth-order valence-corrected chi connectivity index (χ4v) is 3.54. The first-order valence-corrected chi connectivity index (χ1v) is 9.06. The minimum absolute atomic E-state index is 0.167. The maximum Gasteiger partial charge on any atom is 0.296 e. The fourth-order valence-electron chi connectivity index (χ4n) is 1.81. The number of nitrogens with one attached hydrogen (secondary N) is 1. The molecular weight excluding hydrogens is 395 g/mol. The minimum Gasteiger partial charge on any atom is -0.397 e. The molecule has 0 fully saturated rings. The first-order chi connectivity index (χ1) is 10.4. The van der Waals surface area contributed by atoms with Gasteiger partial charge in [0.2, 0.25) is 0 Å². The third-order valence-corrected chi connectivity index (χ3v) is 4.98. The van der Waals surface area contributed by atoms with Crippen LogP contribution in [0.15, 0.2) is 32.2 Å². The third kappa shape index (κ3) is 3.52.